The van der Waals surface area contributed by atoms with E-state index >= 15 is 0 Å². The van der Waals surface area contributed by atoms with Crippen LogP contribution in [0.25, 0.3) is 0 Å². The number of pyridine rings is 1. The molecule has 0 spiro atoms. The lowest BCUT2D eigenvalue weighted by atomic mass is 10.0. The number of aromatic amines is 1. The molecule has 0 saturated carbocycles. The zero-order valence-electron chi connectivity index (χ0n) is 14.8. The summed E-state index contributed by atoms with van der Waals surface area (Å²) < 4.78 is 4.83. The molecule has 0 saturated heterocycles. The van der Waals surface area contributed by atoms with Gasteiger partial charge in [-0.2, -0.15) is 0 Å². The molecule has 0 radical (unpaired) electrons. The molecule has 1 amide bonds. The fourth-order valence-electron chi connectivity index (χ4n) is 2.80. The average molecular weight is 341 g/mol. The second kappa shape index (κ2) is 8.28. The molecule has 0 bridgehead atoms. The average Bonchev–Trinajstić information content (AvgIpc) is 2.98. The molecule has 25 heavy (non-hydrogen) atoms. The predicted molar refractivity (Wildman–Crippen MR) is 95.5 cm³/mol. The second-order valence-corrected chi connectivity index (χ2v) is 5.65. The SMILES string of the molecule is C=CC[C@@H](NC(=O)c1[nH]c(CC)c(C(=O)OC)c1C)c1ccncc1. The molecule has 2 heterocycles. The van der Waals surface area contributed by atoms with Gasteiger partial charge in [-0.15, -0.1) is 6.58 Å². The molecule has 6 nitrogen and oxygen atoms in total. The van der Waals surface area contributed by atoms with E-state index < -0.39 is 5.97 Å². The van der Waals surface area contributed by atoms with Crippen molar-refractivity contribution in [2.24, 2.45) is 0 Å². The van der Waals surface area contributed by atoms with Crippen LogP contribution in [0.5, 0.6) is 0 Å². The highest BCUT2D eigenvalue weighted by atomic mass is 16.5. The van der Waals surface area contributed by atoms with E-state index in [-0.39, 0.29) is 11.9 Å². The minimum atomic E-state index is -0.443. The van der Waals surface area contributed by atoms with E-state index in [1.807, 2.05) is 19.1 Å². The first-order valence-corrected chi connectivity index (χ1v) is 8.14. The summed E-state index contributed by atoms with van der Waals surface area (Å²) >= 11 is 0. The minimum absolute atomic E-state index is 0.220. The molecule has 0 unspecified atom stereocenters. The molecular formula is C19H23N3O3. The quantitative estimate of drug-likeness (QED) is 0.599. The van der Waals surface area contributed by atoms with Crippen molar-refractivity contribution >= 4 is 11.9 Å². The van der Waals surface area contributed by atoms with Crippen LogP contribution >= 0.6 is 0 Å². The Morgan fingerprint density at radius 2 is 2.08 bits per heavy atom. The summed E-state index contributed by atoms with van der Waals surface area (Å²) in [6, 6.07) is 3.49. The third-order valence-corrected chi connectivity index (χ3v) is 4.11. The Labute approximate surface area is 147 Å². The van der Waals surface area contributed by atoms with Crippen LogP contribution in [0.4, 0.5) is 0 Å². The van der Waals surface area contributed by atoms with Crippen LogP contribution in [-0.2, 0) is 11.2 Å². The van der Waals surface area contributed by atoms with Gasteiger partial charge in [0.05, 0.1) is 18.7 Å². The maximum atomic E-state index is 12.8. The summed E-state index contributed by atoms with van der Waals surface area (Å²) in [5, 5.41) is 2.99. The lowest BCUT2D eigenvalue weighted by molar-refractivity contribution is 0.0599. The third-order valence-electron chi connectivity index (χ3n) is 4.11. The number of nitrogens with zero attached hydrogens (tertiary/aromatic N) is 1. The number of ether oxygens (including phenoxy) is 1. The Morgan fingerprint density at radius 3 is 2.64 bits per heavy atom. The molecule has 2 aromatic heterocycles. The molecule has 2 aromatic rings. The van der Waals surface area contributed by atoms with Crippen LogP contribution in [0.15, 0.2) is 37.2 Å². The molecule has 0 aliphatic carbocycles. The van der Waals surface area contributed by atoms with Gasteiger partial charge < -0.3 is 15.0 Å². The standard InChI is InChI=1S/C19H23N3O3/c1-5-7-15(13-8-10-20-11-9-13)22-18(23)17-12(3)16(19(24)25-4)14(6-2)21-17/h5,8-11,15,21H,1,6-7H2,2-4H3,(H,22,23)/t15-/m1/s1. The summed E-state index contributed by atoms with van der Waals surface area (Å²) in [7, 11) is 1.33. The Balaban J connectivity index is 2.32. The van der Waals surface area contributed by atoms with Gasteiger partial charge >= 0.3 is 5.97 Å². The highest BCUT2D eigenvalue weighted by Crippen LogP contribution is 2.22. The topological polar surface area (TPSA) is 84.1 Å². The van der Waals surface area contributed by atoms with Crippen molar-refractivity contribution in [2.75, 3.05) is 7.11 Å². The van der Waals surface area contributed by atoms with Crippen molar-refractivity contribution in [3.8, 4) is 0 Å². The maximum Gasteiger partial charge on any atom is 0.339 e. The molecule has 132 valence electrons. The lowest BCUT2D eigenvalue weighted by Crippen LogP contribution is -2.29. The van der Waals surface area contributed by atoms with Crippen LogP contribution in [0.3, 0.4) is 0 Å². The molecule has 2 rings (SSSR count). The third kappa shape index (κ3) is 3.96. The highest BCUT2D eigenvalue weighted by Gasteiger charge is 2.25. The number of H-pyrrole nitrogens is 1. The molecule has 0 aliphatic rings. The first-order chi connectivity index (χ1) is 12.0. The Kier molecular flexibility index (Phi) is 6.11. The van der Waals surface area contributed by atoms with Crippen LogP contribution in [0.1, 0.15) is 57.1 Å². The molecule has 1 atom stereocenters. The van der Waals surface area contributed by atoms with Crippen LogP contribution in [-0.4, -0.2) is 29.0 Å². The number of esters is 1. The maximum absolute atomic E-state index is 12.8. The van der Waals surface area contributed by atoms with Crippen molar-refractivity contribution < 1.29 is 14.3 Å². The summed E-state index contributed by atoms with van der Waals surface area (Å²) in [6.07, 6.45) is 6.30. The van der Waals surface area contributed by atoms with Crippen molar-refractivity contribution in [3.63, 3.8) is 0 Å². The van der Waals surface area contributed by atoms with Gasteiger partial charge in [-0.1, -0.05) is 13.0 Å². The van der Waals surface area contributed by atoms with Crippen LogP contribution in [0.2, 0.25) is 0 Å². The predicted octanol–water partition coefficient (Wildman–Crippen LogP) is 3.11. The number of nitrogens with one attached hydrogen (secondary N) is 2. The number of rotatable bonds is 7. The molecule has 6 heteroatoms. The van der Waals surface area contributed by atoms with Gasteiger partial charge in [0.2, 0.25) is 0 Å². The van der Waals surface area contributed by atoms with E-state index in [1.165, 1.54) is 7.11 Å². The van der Waals surface area contributed by atoms with Gasteiger partial charge in [-0.3, -0.25) is 9.78 Å². The van der Waals surface area contributed by atoms with Crippen molar-refractivity contribution in [3.05, 3.63) is 65.3 Å². The fourth-order valence-corrected chi connectivity index (χ4v) is 2.80. The molecular weight excluding hydrogens is 318 g/mol. The van der Waals surface area contributed by atoms with E-state index in [1.54, 1.807) is 25.4 Å². The van der Waals surface area contributed by atoms with E-state index in [4.69, 9.17) is 4.74 Å². The first kappa shape index (κ1) is 18.4. The second-order valence-electron chi connectivity index (χ2n) is 5.65. The number of hydrogen-bond acceptors (Lipinski definition) is 4. The zero-order chi connectivity index (χ0) is 18.4. The summed E-state index contributed by atoms with van der Waals surface area (Å²) in [4.78, 5) is 31.8. The number of hydrogen-bond donors (Lipinski definition) is 2. The smallest absolute Gasteiger partial charge is 0.339 e. The van der Waals surface area contributed by atoms with Crippen molar-refractivity contribution in [2.45, 2.75) is 32.7 Å². The first-order valence-electron chi connectivity index (χ1n) is 8.14. The number of amides is 1. The monoisotopic (exact) mass is 341 g/mol. The molecule has 0 aromatic carbocycles. The normalized spacial score (nSPS) is 11.6. The van der Waals surface area contributed by atoms with E-state index in [2.05, 4.69) is 21.9 Å². The summed E-state index contributed by atoms with van der Waals surface area (Å²) in [5.74, 6) is -0.715. The van der Waals surface area contributed by atoms with E-state index in [0.29, 0.717) is 35.4 Å². The van der Waals surface area contributed by atoms with Gasteiger partial charge in [0, 0.05) is 18.1 Å². The van der Waals surface area contributed by atoms with Crippen molar-refractivity contribution in [1.29, 1.82) is 0 Å². The van der Waals surface area contributed by atoms with Crippen LogP contribution < -0.4 is 5.32 Å². The van der Waals surface area contributed by atoms with Gasteiger partial charge in [0.15, 0.2) is 0 Å². The molecule has 0 fully saturated rings. The molecule has 0 aliphatic heterocycles. The Morgan fingerprint density at radius 1 is 1.40 bits per heavy atom. The van der Waals surface area contributed by atoms with Gasteiger partial charge in [-0.25, -0.2) is 4.79 Å². The molecule has 2 N–H and O–H groups in total. The Hall–Kier alpha value is -2.89. The Bertz CT molecular complexity index is 766. The number of carbonyl (C=O) groups is 2. The van der Waals surface area contributed by atoms with E-state index in [0.717, 1.165) is 5.56 Å². The minimum Gasteiger partial charge on any atom is -0.465 e. The number of carbonyl (C=O) groups excluding carboxylic acids is 2. The van der Waals surface area contributed by atoms with Gasteiger partial charge in [-0.05, 0) is 43.0 Å². The van der Waals surface area contributed by atoms with Crippen LogP contribution in [0, 0.1) is 6.92 Å². The summed E-state index contributed by atoms with van der Waals surface area (Å²) in [6.45, 7) is 7.41. The van der Waals surface area contributed by atoms with Gasteiger partial charge in [0.1, 0.15) is 5.69 Å². The van der Waals surface area contributed by atoms with Crippen molar-refractivity contribution in [1.82, 2.24) is 15.3 Å². The fraction of sp³-hybridized carbons (Fsp3) is 0.316. The van der Waals surface area contributed by atoms with Gasteiger partial charge in [0.25, 0.3) is 5.91 Å². The highest BCUT2D eigenvalue weighted by molar-refractivity contribution is 6.00. The largest absolute Gasteiger partial charge is 0.465 e. The lowest BCUT2D eigenvalue weighted by Gasteiger charge is -2.17. The number of aromatic nitrogens is 2. The summed E-state index contributed by atoms with van der Waals surface area (Å²) in [5.41, 5.74) is 3.03. The number of methoxy groups -OCH3 is 1. The van der Waals surface area contributed by atoms with E-state index in [9.17, 15) is 9.59 Å². The zero-order valence-corrected chi connectivity index (χ0v) is 14.8. The number of aryl methyl sites for hydroxylation is 1.